The largest absolute Gasteiger partial charge is 0.282 e. The summed E-state index contributed by atoms with van der Waals surface area (Å²) in [6.07, 6.45) is 0. The fourth-order valence-corrected chi connectivity index (χ4v) is 0.719. The molecule has 0 saturated heterocycles. The molecule has 0 fully saturated rings. The van der Waals surface area contributed by atoms with Gasteiger partial charge in [-0.2, -0.15) is 0 Å². The van der Waals surface area contributed by atoms with Crippen molar-refractivity contribution in [2.75, 3.05) is 0 Å². The molecule has 1 aromatic rings. The molecule has 0 unspecified atom stereocenters. The Bertz CT molecular complexity index is 312. The zero-order valence-electron chi connectivity index (χ0n) is 6.23. The van der Waals surface area contributed by atoms with Gasteiger partial charge in [-0.15, -0.1) is 6.07 Å². The van der Waals surface area contributed by atoms with Crippen molar-refractivity contribution in [2.45, 2.75) is 6.92 Å². The molecule has 59 valence electrons. The molecular formula is C7H3ClFN2Y-. The van der Waals surface area contributed by atoms with E-state index >= 15 is 0 Å². The summed E-state index contributed by atoms with van der Waals surface area (Å²) in [7, 11) is 0. The molecule has 1 radical (unpaired) electrons. The van der Waals surface area contributed by atoms with E-state index < -0.39 is 5.82 Å². The Kier molecular flexibility index (Phi) is 4.85. The quantitative estimate of drug-likeness (QED) is 0.526. The molecule has 0 aliphatic heterocycles. The predicted molar refractivity (Wildman–Crippen MR) is 37.5 cm³/mol. The third-order valence-electron chi connectivity index (χ3n) is 1.18. The molecular weight excluding hydrogens is 255 g/mol. The number of nitrogens with zero attached hydrogens (tertiary/aromatic N) is 2. The summed E-state index contributed by atoms with van der Waals surface area (Å²) in [5, 5.41) is 8.32. The fraction of sp³-hybridized carbons (Fsp3) is 0.143. The standard InChI is InChI=1S/C7H3ClFN2.Y/c1-4-6(9)2-5(3-10)11-7(4)8;/h1H3;/q-1;. The first-order valence-corrected chi connectivity index (χ1v) is 3.18. The second-order valence-electron chi connectivity index (χ2n) is 1.93. The summed E-state index contributed by atoms with van der Waals surface area (Å²) in [6, 6.07) is 3.79. The Morgan fingerprint density at radius 2 is 2.25 bits per heavy atom. The molecule has 1 rings (SSSR count). The van der Waals surface area contributed by atoms with E-state index in [4.69, 9.17) is 16.9 Å². The smallest absolute Gasteiger partial charge is 0.0798 e. The van der Waals surface area contributed by atoms with Gasteiger partial charge < -0.3 is 0 Å². The van der Waals surface area contributed by atoms with E-state index in [1.165, 1.54) is 6.92 Å². The molecule has 1 aromatic heterocycles. The van der Waals surface area contributed by atoms with Crippen LogP contribution in [-0.2, 0) is 32.7 Å². The van der Waals surface area contributed by atoms with Crippen LogP contribution in [0.15, 0.2) is 0 Å². The maximum Gasteiger partial charge on any atom is 0.0798 e. The number of hydrogen-bond acceptors (Lipinski definition) is 2. The number of halogens is 2. The van der Waals surface area contributed by atoms with Crippen LogP contribution in [0.3, 0.4) is 0 Å². The van der Waals surface area contributed by atoms with Gasteiger partial charge in [-0.05, 0) is 6.07 Å². The Hall–Kier alpha value is -0.0361. The van der Waals surface area contributed by atoms with Crippen LogP contribution in [0, 0.1) is 30.1 Å². The normalized spacial score (nSPS) is 8.50. The van der Waals surface area contributed by atoms with Crippen LogP contribution >= 0.6 is 11.6 Å². The molecule has 0 amide bonds. The molecule has 0 aliphatic rings. The summed E-state index contributed by atoms with van der Waals surface area (Å²) in [5.41, 5.74) is 0.0868. The Morgan fingerprint density at radius 1 is 1.67 bits per heavy atom. The van der Waals surface area contributed by atoms with Crippen molar-refractivity contribution in [1.29, 1.82) is 5.26 Å². The van der Waals surface area contributed by atoms with Gasteiger partial charge in [0.15, 0.2) is 0 Å². The molecule has 0 aliphatic carbocycles. The number of hydrogen-bond donors (Lipinski definition) is 0. The van der Waals surface area contributed by atoms with Crippen molar-refractivity contribution in [3.05, 3.63) is 28.3 Å². The molecule has 12 heavy (non-hydrogen) atoms. The Labute approximate surface area is 99.6 Å². The van der Waals surface area contributed by atoms with Crippen molar-refractivity contribution in [3.63, 3.8) is 0 Å². The van der Waals surface area contributed by atoms with E-state index in [1.807, 2.05) is 0 Å². The van der Waals surface area contributed by atoms with Gasteiger partial charge in [0.1, 0.15) is 0 Å². The maximum absolute atomic E-state index is 12.7. The number of aromatic nitrogens is 1. The fourth-order valence-electron chi connectivity index (χ4n) is 0.551. The zero-order valence-corrected chi connectivity index (χ0v) is 9.82. The molecule has 0 aromatic carbocycles. The van der Waals surface area contributed by atoms with E-state index in [-0.39, 0.29) is 49.1 Å². The first-order valence-electron chi connectivity index (χ1n) is 2.80. The predicted octanol–water partition coefficient (Wildman–Crippen LogP) is 1.85. The van der Waals surface area contributed by atoms with Crippen LogP contribution in [0.25, 0.3) is 0 Å². The van der Waals surface area contributed by atoms with Crippen LogP contribution in [0.5, 0.6) is 0 Å². The van der Waals surface area contributed by atoms with Crippen molar-refractivity contribution in [3.8, 4) is 6.07 Å². The van der Waals surface area contributed by atoms with Crippen LogP contribution < -0.4 is 0 Å². The van der Waals surface area contributed by atoms with Crippen LogP contribution in [0.4, 0.5) is 4.39 Å². The second-order valence-corrected chi connectivity index (χ2v) is 2.29. The average molecular weight is 258 g/mol. The van der Waals surface area contributed by atoms with Gasteiger partial charge in [0.05, 0.1) is 5.15 Å². The van der Waals surface area contributed by atoms with Gasteiger partial charge in [0.2, 0.25) is 0 Å². The van der Waals surface area contributed by atoms with Gasteiger partial charge in [0, 0.05) is 44.2 Å². The van der Waals surface area contributed by atoms with Gasteiger partial charge in [-0.1, -0.05) is 24.1 Å². The summed E-state index contributed by atoms with van der Waals surface area (Å²) in [4.78, 5) is 3.56. The molecule has 0 spiro atoms. The first-order chi connectivity index (χ1) is 5.15. The minimum Gasteiger partial charge on any atom is -0.282 e. The van der Waals surface area contributed by atoms with Gasteiger partial charge >= 0.3 is 0 Å². The van der Waals surface area contributed by atoms with E-state index in [0.29, 0.717) is 0 Å². The molecule has 2 nitrogen and oxygen atoms in total. The minimum absolute atomic E-state index is 0. The third kappa shape index (κ3) is 2.48. The zero-order chi connectivity index (χ0) is 8.43. The summed E-state index contributed by atoms with van der Waals surface area (Å²) in [5.74, 6) is -0.624. The van der Waals surface area contributed by atoms with Crippen molar-refractivity contribution >= 4 is 11.6 Å². The van der Waals surface area contributed by atoms with Gasteiger partial charge in [-0.25, -0.2) is 4.39 Å². The number of rotatable bonds is 0. The molecule has 0 bridgehead atoms. The minimum atomic E-state index is -0.624. The van der Waals surface area contributed by atoms with Gasteiger partial charge in [-0.3, -0.25) is 10.2 Å². The van der Waals surface area contributed by atoms with Crippen molar-refractivity contribution < 1.29 is 37.1 Å². The van der Waals surface area contributed by atoms with Gasteiger partial charge in [0.25, 0.3) is 0 Å². The number of pyridine rings is 1. The summed E-state index contributed by atoms with van der Waals surface area (Å²) < 4.78 is 12.7. The summed E-state index contributed by atoms with van der Waals surface area (Å²) in [6.45, 7) is 1.47. The third-order valence-corrected chi connectivity index (χ3v) is 1.55. The van der Waals surface area contributed by atoms with Crippen LogP contribution in [0.1, 0.15) is 11.3 Å². The van der Waals surface area contributed by atoms with E-state index in [9.17, 15) is 4.39 Å². The average Bonchev–Trinajstić information content (AvgIpc) is 1.99. The van der Waals surface area contributed by atoms with E-state index in [2.05, 4.69) is 11.1 Å². The Morgan fingerprint density at radius 3 is 2.67 bits per heavy atom. The molecule has 0 atom stereocenters. The maximum atomic E-state index is 12.7. The molecule has 0 saturated carbocycles. The van der Waals surface area contributed by atoms with Crippen LogP contribution in [0.2, 0.25) is 5.15 Å². The number of nitriles is 1. The molecule has 0 N–H and O–H groups in total. The van der Waals surface area contributed by atoms with E-state index in [0.717, 1.165) is 0 Å². The SMILES string of the molecule is Cc1c(F)[c-]c(C#N)nc1Cl.[Y]. The molecule has 5 heteroatoms. The second kappa shape index (κ2) is 4.86. The van der Waals surface area contributed by atoms with E-state index in [1.54, 1.807) is 6.07 Å². The topological polar surface area (TPSA) is 36.7 Å². The Balaban J connectivity index is 0.00000121. The van der Waals surface area contributed by atoms with Crippen LogP contribution in [-0.4, -0.2) is 4.98 Å². The summed E-state index contributed by atoms with van der Waals surface area (Å²) >= 11 is 5.48. The molecule has 1 heterocycles. The van der Waals surface area contributed by atoms with Crippen molar-refractivity contribution in [2.24, 2.45) is 0 Å². The van der Waals surface area contributed by atoms with Crippen molar-refractivity contribution in [1.82, 2.24) is 4.98 Å². The first kappa shape index (κ1) is 12.0. The monoisotopic (exact) mass is 258 g/mol.